The molecule has 0 bridgehead atoms. The fourth-order valence-corrected chi connectivity index (χ4v) is 1.58. The molecule has 0 aliphatic carbocycles. The van der Waals surface area contributed by atoms with Crippen molar-refractivity contribution in [1.29, 1.82) is 10.7 Å². The van der Waals surface area contributed by atoms with E-state index in [-0.39, 0.29) is 11.5 Å². The summed E-state index contributed by atoms with van der Waals surface area (Å²) in [5.41, 5.74) is 10.1. The summed E-state index contributed by atoms with van der Waals surface area (Å²) in [6.45, 7) is 1.90. The number of aryl methyl sites for hydroxylation is 1. The predicted molar refractivity (Wildman–Crippen MR) is 76.9 cm³/mol. The number of para-hydroxylation sites is 2. The van der Waals surface area contributed by atoms with Crippen LogP contribution in [0.2, 0.25) is 0 Å². The van der Waals surface area contributed by atoms with Gasteiger partial charge in [0.05, 0.1) is 17.1 Å². The Morgan fingerprint density at radius 1 is 1.45 bits per heavy atom. The Labute approximate surface area is 115 Å². The van der Waals surface area contributed by atoms with E-state index in [2.05, 4.69) is 15.6 Å². The lowest BCUT2D eigenvalue weighted by Crippen LogP contribution is -2.22. The number of benzene rings is 1. The molecule has 0 atom stereocenters. The lowest BCUT2D eigenvalue weighted by atomic mass is 10.3. The smallest absolute Gasteiger partial charge is 0.201 e. The molecule has 0 aliphatic rings. The summed E-state index contributed by atoms with van der Waals surface area (Å²) in [6.07, 6.45) is 1.83. The van der Waals surface area contributed by atoms with E-state index in [0.29, 0.717) is 5.69 Å². The molecule has 0 aliphatic heterocycles. The van der Waals surface area contributed by atoms with E-state index >= 15 is 0 Å². The Balaban J connectivity index is 2.35. The van der Waals surface area contributed by atoms with Crippen molar-refractivity contribution in [3.63, 3.8) is 0 Å². The average molecular weight is 267 g/mol. The minimum Gasteiger partial charge on any atom is -0.382 e. The molecule has 1 heterocycles. The van der Waals surface area contributed by atoms with Crippen LogP contribution in [0.15, 0.2) is 41.6 Å². The van der Waals surface area contributed by atoms with Gasteiger partial charge >= 0.3 is 0 Å². The molecule has 0 radical (unpaired) electrons. The number of hydrogen-bond donors (Lipinski definition) is 3. The fraction of sp³-hybridized carbons (Fsp3) is 0.0769. The second-order valence-corrected chi connectivity index (χ2v) is 4.02. The van der Waals surface area contributed by atoms with Gasteiger partial charge in [0.15, 0.2) is 5.84 Å². The van der Waals surface area contributed by atoms with E-state index in [1.807, 2.05) is 37.4 Å². The number of nitriles is 1. The summed E-state index contributed by atoms with van der Waals surface area (Å²) in [5.74, 6) is -0.382. The van der Waals surface area contributed by atoms with E-state index in [1.165, 1.54) is 0 Å². The topological polar surface area (TPSA) is 116 Å². The van der Waals surface area contributed by atoms with Gasteiger partial charge in [-0.2, -0.15) is 15.5 Å². The van der Waals surface area contributed by atoms with Crippen molar-refractivity contribution in [2.75, 3.05) is 5.43 Å². The molecule has 0 saturated heterocycles. The highest BCUT2D eigenvalue weighted by atomic mass is 15.3. The Kier molecular flexibility index (Phi) is 3.77. The first-order chi connectivity index (χ1) is 9.61. The molecule has 1 aromatic heterocycles. The van der Waals surface area contributed by atoms with Crippen LogP contribution in [0.25, 0.3) is 5.69 Å². The highest BCUT2D eigenvalue weighted by Crippen LogP contribution is 2.19. The Hall–Kier alpha value is -3.14. The SMILES string of the molecule is Cc1ccn(-c2ccccc2N/N=C(\C#N)C(=N)N)n1. The second kappa shape index (κ2) is 5.67. The molecule has 1 aromatic carbocycles. The molecule has 20 heavy (non-hydrogen) atoms. The molecule has 0 unspecified atom stereocenters. The lowest BCUT2D eigenvalue weighted by Gasteiger charge is -2.08. The number of rotatable bonds is 4. The maximum atomic E-state index is 8.80. The molecule has 2 rings (SSSR count). The minimum absolute atomic E-state index is 0.170. The van der Waals surface area contributed by atoms with Crippen molar-refractivity contribution in [3.05, 3.63) is 42.2 Å². The van der Waals surface area contributed by atoms with Crippen molar-refractivity contribution in [3.8, 4) is 11.8 Å². The summed E-state index contributed by atoms with van der Waals surface area (Å²) >= 11 is 0. The van der Waals surface area contributed by atoms with Crippen LogP contribution in [0.1, 0.15) is 5.69 Å². The van der Waals surface area contributed by atoms with Gasteiger partial charge in [-0.1, -0.05) is 12.1 Å². The van der Waals surface area contributed by atoms with Crippen LogP contribution >= 0.6 is 0 Å². The highest BCUT2D eigenvalue weighted by molar-refractivity contribution is 6.45. The first-order valence-corrected chi connectivity index (χ1v) is 5.81. The zero-order valence-electron chi connectivity index (χ0n) is 10.8. The Bertz CT molecular complexity index is 706. The third kappa shape index (κ3) is 2.81. The number of amidine groups is 1. The van der Waals surface area contributed by atoms with Crippen LogP contribution in [0.5, 0.6) is 0 Å². The number of aromatic nitrogens is 2. The van der Waals surface area contributed by atoms with Gasteiger partial charge < -0.3 is 5.73 Å². The zero-order chi connectivity index (χ0) is 14.5. The first kappa shape index (κ1) is 13.3. The van der Waals surface area contributed by atoms with E-state index in [4.69, 9.17) is 16.4 Å². The molecule has 100 valence electrons. The van der Waals surface area contributed by atoms with E-state index < -0.39 is 0 Å². The maximum absolute atomic E-state index is 8.80. The number of nitrogens with two attached hydrogens (primary N) is 1. The summed E-state index contributed by atoms with van der Waals surface area (Å²) < 4.78 is 1.70. The van der Waals surface area contributed by atoms with Crippen LogP contribution in [-0.2, 0) is 0 Å². The van der Waals surface area contributed by atoms with Crippen molar-refractivity contribution in [2.45, 2.75) is 6.92 Å². The van der Waals surface area contributed by atoms with Crippen LogP contribution in [0, 0.1) is 23.7 Å². The average Bonchev–Trinajstić information content (AvgIpc) is 2.86. The maximum Gasteiger partial charge on any atom is 0.201 e. The number of nitrogens with one attached hydrogen (secondary N) is 2. The van der Waals surface area contributed by atoms with Crippen molar-refractivity contribution >= 4 is 17.2 Å². The van der Waals surface area contributed by atoms with Gasteiger partial charge in [-0.05, 0) is 25.1 Å². The van der Waals surface area contributed by atoms with Crippen LogP contribution in [-0.4, -0.2) is 21.3 Å². The van der Waals surface area contributed by atoms with Gasteiger partial charge in [0.25, 0.3) is 0 Å². The molecule has 0 amide bonds. The number of hydrazone groups is 1. The number of hydrogen-bond acceptors (Lipinski definition) is 5. The fourth-order valence-electron chi connectivity index (χ4n) is 1.58. The molecule has 7 heteroatoms. The molecule has 0 saturated carbocycles. The van der Waals surface area contributed by atoms with Gasteiger partial charge in [0, 0.05) is 6.20 Å². The monoisotopic (exact) mass is 267 g/mol. The third-order valence-electron chi connectivity index (χ3n) is 2.52. The van der Waals surface area contributed by atoms with Gasteiger partial charge in [-0.15, -0.1) is 0 Å². The van der Waals surface area contributed by atoms with Gasteiger partial charge in [0.1, 0.15) is 6.07 Å². The molecule has 7 nitrogen and oxygen atoms in total. The van der Waals surface area contributed by atoms with Gasteiger partial charge in [-0.25, -0.2) is 4.68 Å². The molecular weight excluding hydrogens is 254 g/mol. The van der Waals surface area contributed by atoms with Crippen molar-refractivity contribution in [1.82, 2.24) is 9.78 Å². The van der Waals surface area contributed by atoms with E-state index in [0.717, 1.165) is 11.4 Å². The van der Waals surface area contributed by atoms with Crippen LogP contribution < -0.4 is 11.2 Å². The Morgan fingerprint density at radius 2 is 2.20 bits per heavy atom. The third-order valence-corrected chi connectivity index (χ3v) is 2.52. The quantitative estimate of drug-likeness (QED) is 0.441. The molecule has 4 N–H and O–H groups in total. The minimum atomic E-state index is -0.382. The predicted octanol–water partition coefficient (Wildman–Crippen LogP) is 1.41. The highest BCUT2D eigenvalue weighted by Gasteiger charge is 2.06. The van der Waals surface area contributed by atoms with E-state index in [1.54, 1.807) is 16.8 Å². The summed E-state index contributed by atoms with van der Waals surface area (Å²) in [7, 11) is 0. The Morgan fingerprint density at radius 3 is 2.80 bits per heavy atom. The molecule has 0 spiro atoms. The van der Waals surface area contributed by atoms with Crippen LogP contribution in [0.4, 0.5) is 5.69 Å². The van der Waals surface area contributed by atoms with E-state index in [9.17, 15) is 0 Å². The molecular formula is C13H13N7. The van der Waals surface area contributed by atoms with Crippen molar-refractivity contribution in [2.24, 2.45) is 10.8 Å². The summed E-state index contributed by atoms with van der Waals surface area (Å²) in [4.78, 5) is 0. The normalized spacial score (nSPS) is 10.9. The van der Waals surface area contributed by atoms with Gasteiger partial charge in [-0.3, -0.25) is 10.8 Å². The summed E-state index contributed by atoms with van der Waals surface area (Å²) in [5, 5.41) is 24.2. The van der Waals surface area contributed by atoms with Crippen LogP contribution in [0.3, 0.4) is 0 Å². The molecule has 0 fully saturated rings. The van der Waals surface area contributed by atoms with Crippen molar-refractivity contribution < 1.29 is 0 Å². The zero-order valence-corrected chi connectivity index (χ0v) is 10.8. The number of nitrogens with zero attached hydrogens (tertiary/aromatic N) is 4. The lowest BCUT2D eigenvalue weighted by molar-refractivity contribution is 0.863. The number of anilines is 1. The standard InChI is InChI=1S/C13H13N7/c1-9-6-7-20(19-9)12-5-3-2-4-10(12)17-18-11(8-14)13(15)16/h2-7,17H,1H3,(H3,15,16)/b18-11+. The second-order valence-electron chi connectivity index (χ2n) is 4.02. The largest absolute Gasteiger partial charge is 0.382 e. The molecule has 2 aromatic rings. The van der Waals surface area contributed by atoms with Gasteiger partial charge in [0.2, 0.25) is 5.71 Å². The first-order valence-electron chi connectivity index (χ1n) is 5.81. The summed E-state index contributed by atoms with van der Waals surface area (Å²) in [6, 6.07) is 11.0.